The van der Waals surface area contributed by atoms with Crippen LogP contribution in [0.2, 0.25) is 0 Å². The Morgan fingerprint density at radius 1 is 0.607 bits per heavy atom. The molecule has 0 N–H and O–H groups in total. The topological polar surface area (TPSA) is 86.7 Å². The van der Waals surface area contributed by atoms with Crippen molar-refractivity contribution in [3.63, 3.8) is 0 Å². The van der Waals surface area contributed by atoms with Crippen LogP contribution in [0.25, 0.3) is 0 Å². The lowest BCUT2D eigenvalue weighted by Gasteiger charge is -2.05. The van der Waals surface area contributed by atoms with Gasteiger partial charge in [-0.3, -0.25) is 19.2 Å². The summed E-state index contributed by atoms with van der Waals surface area (Å²) in [6.45, 7) is 0. The van der Waals surface area contributed by atoms with Crippen LogP contribution < -0.4 is 9.47 Å². The van der Waals surface area contributed by atoms with Crippen molar-refractivity contribution in [2.75, 3.05) is 0 Å². The van der Waals surface area contributed by atoms with E-state index in [1.165, 1.54) is 0 Å². The highest BCUT2D eigenvalue weighted by molar-refractivity contribution is 5.76. The Kier molecular flexibility index (Phi) is 8.59. The molecular formula is C22H22O6. The van der Waals surface area contributed by atoms with E-state index in [1.807, 2.05) is 0 Å². The van der Waals surface area contributed by atoms with Crippen LogP contribution in [0.4, 0.5) is 0 Å². The molecule has 2 aromatic rings. The number of carbonyl (C=O) groups is 4. The maximum atomic E-state index is 11.8. The van der Waals surface area contributed by atoms with E-state index in [-0.39, 0.29) is 11.9 Å². The maximum Gasteiger partial charge on any atom is 0.311 e. The van der Waals surface area contributed by atoms with Gasteiger partial charge >= 0.3 is 11.9 Å². The molecule has 146 valence electrons. The molecule has 0 saturated heterocycles. The van der Waals surface area contributed by atoms with Gasteiger partial charge < -0.3 is 9.47 Å². The van der Waals surface area contributed by atoms with Gasteiger partial charge in [0.25, 0.3) is 0 Å². The molecule has 0 aliphatic rings. The number of benzene rings is 2. The summed E-state index contributed by atoms with van der Waals surface area (Å²) in [5.74, 6) is 0.188. The Balaban J connectivity index is 1.55. The molecular weight excluding hydrogens is 360 g/mol. The molecule has 6 nitrogen and oxygen atoms in total. The molecule has 0 aromatic heterocycles. The van der Waals surface area contributed by atoms with E-state index in [4.69, 9.17) is 9.47 Å². The summed E-state index contributed by atoms with van der Waals surface area (Å²) in [6.07, 6.45) is 5.00. The Morgan fingerprint density at radius 2 is 0.964 bits per heavy atom. The zero-order chi connectivity index (χ0) is 20.2. The van der Waals surface area contributed by atoms with Gasteiger partial charge in [0.1, 0.15) is 24.1 Å². The minimum absolute atomic E-state index is 0.295. The van der Waals surface area contributed by atoms with Crippen LogP contribution in [0.1, 0.15) is 59.2 Å². The Labute approximate surface area is 163 Å². The lowest BCUT2D eigenvalue weighted by Crippen LogP contribution is -2.08. The third kappa shape index (κ3) is 7.53. The van der Waals surface area contributed by atoms with E-state index in [0.717, 1.165) is 25.4 Å². The van der Waals surface area contributed by atoms with Crippen molar-refractivity contribution < 1.29 is 28.7 Å². The molecule has 2 aromatic carbocycles. The van der Waals surface area contributed by atoms with Crippen LogP contribution in [0, 0.1) is 0 Å². The Morgan fingerprint density at radius 3 is 1.29 bits per heavy atom. The predicted molar refractivity (Wildman–Crippen MR) is 103 cm³/mol. The zero-order valence-corrected chi connectivity index (χ0v) is 15.5. The summed E-state index contributed by atoms with van der Waals surface area (Å²) in [6, 6.07) is 12.7. The van der Waals surface area contributed by atoms with Crippen LogP contribution >= 0.6 is 0 Å². The quantitative estimate of drug-likeness (QED) is 0.251. The summed E-state index contributed by atoms with van der Waals surface area (Å²) in [4.78, 5) is 44.7. The second-order valence-corrected chi connectivity index (χ2v) is 6.24. The first kappa shape index (κ1) is 21.0. The van der Waals surface area contributed by atoms with E-state index in [9.17, 15) is 19.2 Å². The highest BCUT2D eigenvalue weighted by Gasteiger charge is 2.07. The third-order valence-corrected chi connectivity index (χ3v) is 4.01. The first-order chi connectivity index (χ1) is 13.6. The first-order valence-electron chi connectivity index (χ1n) is 9.12. The molecule has 0 bridgehead atoms. The molecule has 0 aliphatic carbocycles. The molecule has 0 fully saturated rings. The summed E-state index contributed by atoms with van der Waals surface area (Å²) in [5.41, 5.74) is 1.05. The number of rotatable bonds is 11. The molecule has 6 heteroatoms. The molecule has 0 aliphatic heterocycles. The number of esters is 2. The monoisotopic (exact) mass is 382 g/mol. The normalized spacial score (nSPS) is 10.1. The second kappa shape index (κ2) is 11.4. The van der Waals surface area contributed by atoms with Gasteiger partial charge in [0.05, 0.1) is 0 Å². The molecule has 28 heavy (non-hydrogen) atoms. The maximum absolute atomic E-state index is 11.8. The summed E-state index contributed by atoms with van der Waals surface area (Å²) >= 11 is 0. The van der Waals surface area contributed by atoms with Crippen molar-refractivity contribution >= 4 is 24.5 Å². The van der Waals surface area contributed by atoms with Crippen LogP contribution in [-0.4, -0.2) is 24.5 Å². The smallest absolute Gasteiger partial charge is 0.311 e. The van der Waals surface area contributed by atoms with Gasteiger partial charge in [0.15, 0.2) is 0 Å². The minimum atomic E-state index is -0.322. The third-order valence-electron chi connectivity index (χ3n) is 4.01. The van der Waals surface area contributed by atoms with Crippen LogP contribution in [0.5, 0.6) is 11.5 Å². The molecule has 0 heterocycles. The molecule has 0 unspecified atom stereocenters. The van der Waals surface area contributed by atoms with Crippen molar-refractivity contribution in [2.24, 2.45) is 0 Å². The zero-order valence-electron chi connectivity index (χ0n) is 15.5. The van der Waals surface area contributed by atoms with Gasteiger partial charge in [-0.15, -0.1) is 0 Å². The Bertz CT molecular complexity index is 723. The molecule has 0 saturated carbocycles. The molecule has 0 amide bonds. The van der Waals surface area contributed by atoms with E-state index >= 15 is 0 Å². The number of ether oxygens (including phenoxy) is 2. The standard InChI is InChI=1S/C22H22O6/c23-15-17-7-11-19(12-8-17)27-21(25)5-3-1-2-4-6-22(26)28-20-13-9-18(16-24)10-14-20/h7-16H,1-6H2. The lowest BCUT2D eigenvalue weighted by atomic mass is 10.1. The number of aldehydes is 2. The van der Waals surface area contributed by atoms with Crippen LogP contribution in [0.15, 0.2) is 48.5 Å². The van der Waals surface area contributed by atoms with E-state index in [0.29, 0.717) is 48.3 Å². The van der Waals surface area contributed by atoms with Gasteiger partial charge in [-0.05, 0) is 61.4 Å². The van der Waals surface area contributed by atoms with Crippen molar-refractivity contribution in [1.29, 1.82) is 0 Å². The fraction of sp³-hybridized carbons (Fsp3) is 0.273. The average molecular weight is 382 g/mol. The summed E-state index contributed by atoms with van der Waals surface area (Å²) in [5, 5.41) is 0. The molecule has 0 atom stereocenters. The fourth-order valence-electron chi connectivity index (χ4n) is 2.49. The van der Waals surface area contributed by atoms with E-state index < -0.39 is 0 Å². The van der Waals surface area contributed by atoms with Gasteiger partial charge in [-0.2, -0.15) is 0 Å². The minimum Gasteiger partial charge on any atom is -0.427 e. The predicted octanol–water partition coefficient (Wildman–Crippen LogP) is 4.16. The lowest BCUT2D eigenvalue weighted by molar-refractivity contribution is -0.135. The van der Waals surface area contributed by atoms with Gasteiger partial charge in [-0.1, -0.05) is 12.8 Å². The SMILES string of the molecule is O=Cc1ccc(OC(=O)CCCCCCC(=O)Oc2ccc(C=O)cc2)cc1. The highest BCUT2D eigenvalue weighted by atomic mass is 16.5. The number of unbranched alkanes of at least 4 members (excludes halogenated alkanes) is 3. The van der Waals surface area contributed by atoms with Crippen LogP contribution in [0.3, 0.4) is 0 Å². The number of hydrogen-bond donors (Lipinski definition) is 0. The van der Waals surface area contributed by atoms with Crippen LogP contribution in [-0.2, 0) is 9.59 Å². The largest absolute Gasteiger partial charge is 0.427 e. The fourth-order valence-corrected chi connectivity index (χ4v) is 2.49. The van der Waals surface area contributed by atoms with E-state index in [1.54, 1.807) is 48.5 Å². The highest BCUT2D eigenvalue weighted by Crippen LogP contribution is 2.15. The molecule has 0 radical (unpaired) electrons. The first-order valence-corrected chi connectivity index (χ1v) is 9.12. The van der Waals surface area contributed by atoms with E-state index in [2.05, 4.69) is 0 Å². The van der Waals surface area contributed by atoms with Gasteiger partial charge in [0, 0.05) is 24.0 Å². The number of hydrogen-bond acceptors (Lipinski definition) is 6. The summed E-state index contributed by atoms with van der Waals surface area (Å²) in [7, 11) is 0. The van der Waals surface area contributed by atoms with Crippen molar-refractivity contribution in [1.82, 2.24) is 0 Å². The summed E-state index contributed by atoms with van der Waals surface area (Å²) < 4.78 is 10.4. The second-order valence-electron chi connectivity index (χ2n) is 6.24. The molecule has 0 spiro atoms. The van der Waals surface area contributed by atoms with Gasteiger partial charge in [-0.25, -0.2) is 0 Å². The van der Waals surface area contributed by atoms with Crippen molar-refractivity contribution in [2.45, 2.75) is 38.5 Å². The van der Waals surface area contributed by atoms with Crippen molar-refractivity contribution in [3.8, 4) is 11.5 Å². The number of carbonyl (C=O) groups excluding carboxylic acids is 4. The van der Waals surface area contributed by atoms with Gasteiger partial charge in [0.2, 0.25) is 0 Å². The average Bonchev–Trinajstić information content (AvgIpc) is 2.71. The van der Waals surface area contributed by atoms with Crippen molar-refractivity contribution in [3.05, 3.63) is 59.7 Å². The molecule has 2 rings (SSSR count). The Hall–Kier alpha value is -3.28.